The summed E-state index contributed by atoms with van der Waals surface area (Å²) in [5.74, 6) is -0.768. The number of likely N-dealkylation sites (tertiary alicyclic amines) is 1. The smallest absolute Gasteiger partial charge is 0.308 e. The number of methoxy groups -OCH3 is 1. The Bertz CT molecular complexity index is 522. The number of nitrogens with zero attached hydrogens (tertiary/aromatic N) is 1. The summed E-state index contributed by atoms with van der Waals surface area (Å²) in [5, 5.41) is 0. The first-order chi connectivity index (χ1) is 9.52. The summed E-state index contributed by atoms with van der Waals surface area (Å²) in [6.07, 6.45) is 1.22. The maximum atomic E-state index is 13.2. The van der Waals surface area contributed by atoms with Gasteiger partial charge in [-0.25, -0.2) is 4.39 Å². The number of hydrogen-bond acceptors (Lipinski definition) is 3. The maximum Gasteiger partial charge on any atom is 0.308 e. The summed E-state index contributed by atoms with van der Waals surface area (Å²) < 4.78 is 17.9. The van der Waals surface area contributed by atoms with Crippen molar-refractivity contribution in [3.05, 3.63) is 35.1 Å². The maximum absolute atomic E-state index is 13.2. The molecular weight excluding hydrogens is 261 g/mol. The minimum absolute atomic E-state index is 0.114. The second-order valence-corrected chi connectivity index (χ2v) is 5.05. The number of amides is 1. The van der Waals surface area contributed by atoms with Crippen molar-refractivity contribution in [3.63, 3.8) is 0 Å². The van der Waals surface area contributed by atoms with Gasteiger partial charge >= 0.3 is 5.97 Å². The van der Waals surface area contributed by atoms with Gasteiger partial charge in [0.25, 0.3) is 5.91 Å². The SMILES string of the molecule is COC(=O)C1CCN(C(=O)c2ccc(F)c(C)c2)CC1. The summed E-state index contributed by atoms with van der Waals surface area (Å²) in [6, 6.07) is 4.37. The van der Waals surface area contributed by atoms with E-state index in [9.17, 15) is 14.0 Å². The Hall–Kier alpha value is -1.91. The molecule has 0 aliphatic carbocycles. The van der Waals surface area contributed by atoms with Gasteiger partial charge in [0.1, 0.15) is 5.82 Å². The zero-order chi connectivity index (χ0) is 14.7. The van der Waals surface area contributed by atoms with Crippen LogP contribution in [0.4, 0.5) is 4.39 Å². The molecule has 1 aromatic carbocycles. The van der Waals surface area contributed by atoms with Gasteiger partial charge in [0, 0.05) is 18.7 Å². The molecule has 4 nitrogen and oxygen atoms in total. The third kappa shape index (κ3) is 2.98. The van der Waals surface area contributed by atoms with E-state index in [1.54, 1.807) is 17.9 Å². The van der Waals surface area contributed by atoms with Crippen LogP contribution in [0, 0.1) is 18.7 Å². The Morgan fingerprint density at radius 3 is 2.50 bits per heavy atom. The fraction of sp³-hybridized carbons (Fsp3) is 0.467. The van der Waals surface area contributed by atoms with E-state index in [2.05, 4.69) is 0 Å². The number of hydrogen-bond donors (Lipinski definition) is 0. The second kappa shape index (κ2) is 6.03. The lowest BCUT2D eigenvalue weighted by Crippen LogP contribution is -2.40. The van der Waals surface area contributed by atoms with E-state index in [1.807, 2.05) is 0 Å². The van der Waals surface area contributed by atoms with Gasteiger partial charge in [-0.15, -0.1) is 0 Å². The highest BCUT2D eigenvalue weighted by atomic mass is 19.1. The minimum atomic E-state index is -0.314. The molecular formula is C15H18FNO3. The van der Waals surface area contributed by atoms with E-state index in [0.717, 1.165) is 0 Å². The van der Waals surface area contributed by atoms with E-state index in [4.69, 9.17) is 4.74 Å². The van der Waals surface area contributed by atoms with Crippen LogP contribution in [-0.4, -0.2) is 37.0 Å². The van der Waals surface area contributed by atoms with Crippen molar-refractivity contribution >= 4 is 11.9 Å². The van der Waals surface area contributed by atoms with Crippen LogP contribution in [0.3, 0.4) is 0 Å². The first-order valence-corrected chi connectivity index (χ1v) is 6.66. The zero-order valence-electron chi connectivity index (χ0n) is 11.7. The average molecular weight is 279 g/mol. The predicted octanol–water partition coefficient (Wildman–Crippen LogP) is 2.16. The van der Waals surface area contributed by atoms with Crippen LogP contribution < -0.4 is 0 Å². The third-order valence-corrected chi connectivity index (χ3v) is 3.72. The summed E-state index contributed by atoms with van der Waals surface area (Å²) >= 11 is 0. The Morgan fingerprint density at radius 2 is 1.95 bits per heavy atom. The van der Waals surface area contributed by atoms with E-state index >= 15 is 0 Å². The quantitative estimate of drug-likeness (QED) is 0.779. The van der Waals surface area contributed by atoms with E-state index in [1.165, 1.54) is 19.2 Å². The monoisotopic (exact) mass is 279 g/mol. The summed E-state index contributed by atoms with van der Waals surface area (Å²) in [7, 11) is 1.38. The molecule has 0 saturated carbocycles. The van der Waals surface area contributed by atoms with Gasteiger partial charge < -0.3 is 9.64 Å². The molecule has 0 atom stereocenters. The van der Waals surface area contributed by atoms with Gasteiger partial charge in [0.15, 0.2) is 0 Å². The highest BCUT2D eigenvalue weighted by Gasteiger charge is 2.28. The molecule has 2 rings (SSSR count). The number of carbonyl (C=O) groups excluding carboxylic acids is 2. The highest BCUT2D eigenvalue weighted by Crippen LogP contribution is 2.20. The lowest BCUT2D eigenvalue weighted by molar-refractivity contribution is -0.146. The highest BCUT2D eigenvalue weighted by molar-refractivity contribution is 5.94. The lowest BCUT2D eigenvalue weighted by Gasteiger charge is -2.30. The molecule has 0 aromatic heterocycles. The van der Waals surface area contributed by atoms with Crippen LogP contribution in [0.2, 0.25) is 0 Å². The molecule has 20 heavy (non-hydrogen) atoms. The van der Waals surface area contributed by atoms with Crippen LogP contribution in [0.1, 0.15) is 28.8 Å². The molecule has 1 fully saturated rings. The van der Waals surface area contributed by atoms with Gasteiger partial charge in [0.05, 0.1) is 13.0 Å². The number of benzene rings is 1. The largest absolute Gasteiger partial charge is 0.469 e. The molecule has 1 aliphatic heterocycles. The van der Waals surface area contributed by atoms with Crippen molar-refractivity contribution in [3.8, 4) is 0 Å². The van der Waals surface area contributed by atoms with Gasteiger partial charge in [-0.3, -0.25) is 9.59 Å². The lowest BCUT2D eigenvalue weighted by atomic mass is 9.96. The predicted molar refractivity (Wildman–Crippen MR) is 71.8 cm³/mol. The number of carbonyl (C=O) groups is 2. The van der Waals surface area contributed by atoms with Gasteiger partial charge in [-0.1, -0.05) is 0 Å². The molecule has 0 bridgehead atoms. The number of piperidine rings is 1. The molecule has 5 heteroatoms. The fourth-order valence-electron chi connectivity index (χ4n) is 2.45. The Labute approximate surface area is 117 Å². The Balaban J connectivity index is 2.01. The number of halogens is 1. The molecule has 1 heterocycles. The Morgan fingerprint density at radius 1 is 1.30 bits per heavy atom. The molecule has 1 aromatic rings. The van der Waals surface area contributed by atoms with Crippen molar-refractivity contribution in [2.24, 2.45) is 5.92 Å². The molecule has 0 N–H and O–H groups in total. The minimum Gasteiger partial charge on any atom is -0.469 e. The van der Waals surface area contributed by atoms with Crippen molar-refractivity contribution < 1.29 is 18.7 Å². The van der Waals surface area contributed by atoms with Crippen molar-refractivity contribution in [1.29, 1.82) is 0 Å². The third-order valence-electron chi connectivity index (χ3n) is 3.72. The first kappa shape index (κ1) is 14.5. The molecule has 108 valence electrons. The number of rotatable bonds is 2. The van der Waals surface area contributed by atoms with Crippen LogP contribution in [-0.2, 0) is 9.53 Å². The molecule has 0 unspecified atom stereocenters. The molecule has 1 saturated heterocycles. The molecule has 1 amide bonds. The van der Waals surface area contributed by atoms with Crippen LogP contribution in [0.5, 0.6) is 0 Å². The van der Waals surface area contributed by atoms with E-state index < -0.39 is 0 Å². The number of ether oxygens (including phenoxy) is 1. The topological polar surface area (TPSA) is 46.6 Å². The van der Waals surface area contributed by atoms with Crippen molar-refractivity contribution in [2.75, 3.05) is 20.2 Å². The number of esters is 1. The van der Waals surface area contributed by atoms with Gasteiger partial charge in [-0.05, 0) is 43.5 Å². The van der Waals surface area contributed by atoms with Crippen LogP contribution in [0.25, 0.3) is 0 Å². The van der Waals surface area contributed by atoms with E-state index in [0.29, 0.717) is 37.1 Å². The van der Waals surface area contributed by atoms with Crippen LogP contribution >= 0.6 is 0 Å². The van der Waals surface area contributed by atoms with E-state index in [-0.39, 0.29) is 23.6 Å². The summed E-state index contributed by atoms with van der Waals surface area (Å²) in [4.78, 5) is 25.4. The van der Waals surface area contributed by atoms with Gasteiger partial charge in [0.2, 0.25) is 0 Å². The molecule has 0 radical (unpaired) electrons. The van der Waals surface area contributed by atoms with Crippen molar-refractivity contribution in [1.82, 2.24) is 4.90 Å². The van der Waals surface area contributed by atoms with Gasteiger partial charge in [-0.2, -0.15) is 0 Å². The normalized spacial score (nSPS) is 16.1. The summed E-state index contributed by atoms with van der Waals surface area (Å²) in [6.45, 7) is 2.68. The fourth-order valence-corrected chi connectivity index (χ4v) is 2.45. The first-order valence-electron chi connectivity index (χ1n) is 6.66. The second-order valence-electron chi connectivity index (χ2n) is 5.05. The average Bonchev–Trinajstić information content (AvgIpc) is 2.48. The molecule has 0 spiro atoms. The molecule has 1 aliphatic rings. The standard InChI is InChI=1S/C15H18FNO3/c1-10-9-12(3-4-13(10)16)14(18)17-7-5-11(6-8-17)15(19)20-2/h3-4,9,11H,5-8H2,1-2H3. The zero-order valence-corrected chi connectivity index (χ0v) is 11.7. The Kier molecular flexibility index (Phi) is 4.37. The number of aryl methyl sites for hydroxylation is 1. The van der Waals surface area contributed by atoms with Crippen LogP contribution in [0.15, 0.2) is 18.2 Å². The summed E-state index contributed by atoms with van der Waals surface area (Å²) in [5.41, 5.74) is 0.945. The van der Waals surface area contributed by atoms with Crippen molar-refractivity contribution in [2.45, 2.75) is 19.8 Å².